The summed E-state index contributed by atoms with van der Waals surface area (Å²) in [5.74, 6) is 0.987. The summed E-state index contributed by atoms with van der Waals surface area (Å²) >= 11 is 0. The van der Waals surface area contributed by atoms with Crippen molar-refractivity contribution in [3.63, 3.8) is 0 Å². The summed E-state index contributed by atoms with van der Waals surface area (Å²) in [6, 6.07) is 0. The monoisotopic (exact) mass is 384 g/mol. The quantitative estimate of drug-likeness (QED) is 0.366. The predicted octanol–water partition coefficient (Wildman–Crippen LogP) is 5.87. The van der Waals surface area contributed by atoms with Gasteiger partial charge in [0.1, 0.15) is 0 Å². The van der Waals surface area contributed by atoms with Gasteiger partial charge >= 0.3 is 5.97 Å². The smallest absolute Gasteiger partial charge is 0.333 e. The summed E-state index contributed by atoms with van der Waals surface area (Å²) in [5.41, 5.74) is 3.98. The number of aliphatic hydroxyl groups is 1. The lowest BCUT2D eigenvalue weighted by Crippen LogP contribution is -2.50. The summed E-state index contributed by atoms with van der Waals surface area (Å²) in [7, 11) is 0. The van der Waals surface area contributed by atoms with Crippen molar-refractivity contribution in [3.8, 4) is 0 Å². The van der Waals surface area contributed by atoms with Crippen LogP contribution in [-0.4, -0.2) is 17.4 Å². The van der Waals surface area contributed by atoms with Crippen molar-refractivity contribution in [1.29, 1.82) is 0 Å². The highest BCUT2D eigenvalue weighted by atomic mass is 16.6. The first-order valence-corrected chi connectivity index (χ1v) is 10.8. The van der Waals surface area contributed by atoms with E-state index >= 15 is 0 Å². The van der Waals surface area contributed by atoms with E-state index in [-0.39, 0.29) is 0 Å². The third-order valence-electron chi connectivity index (χ3n) is 8.09. The van der Waals surface area contributed by atoms with Crippen LogP contribution in [0.25, 0.3) is 0 Å². The molecule has 3 rings (SSSR count). The van der Waals surface area contributed by atoms with Gasteiger partial charge in [0, 0.05) is 11.6 Å². The first kappa shape index (κ1) is 21.1. The van der Waals surface area contributed by atoms with Crippen LogP contribution in [0.4, 0.5) is 0 Å². The molecule has 4 unspecified atom stereocenters. The van der Waals surface area contributed by atoms with Crippen LogP contribution >= 0.6 is 0 Å². The van der Waals surface area contributed by atoms with Crippen LogP contribution in [0.3, 0.4) is 0 Å². The van der Waals surface area contributed by atoms with Crippen molar-refractivity contribution >= 4 is 5.97 Å². The van der Waals surface area contributed by atoms with Gasteiger partial charge in [-0.3, -0.25) is 0 Å². The Labute approximate surface area is 170 Å². The number of hydrogen-bond donors (Lipinski definition) is 1. The SMILES string of the molecule is C=C1CCCC2C1(C)CCC(C)[C@]2(C)CC/C(C)=C/C=C/C1=CC(=O)OC1O. The molecule has 5 atom stereocenters. The van der Waals surface area contributed by atoms with E-state index in [1.165, 1.54) is 55.7 Å². The Kier molecular flexibility index (Phi) is 6.05. The number of carbonyl (C=O) groups is 1. The van der Waals surface area contributed by atoms with Crippen LogP contribution in [0, 0.1) is 22.7 Å². The lowest BCUT2D eigenvalue weighted by Gasteiger charge is -2.59. The normalized spacial score (nSPS) is 39.1. The zero-order valence-corrected chi connectivity index (χ0v) is 18.0. The average Bonchev–Trinajstić information content (AvgIpc) is 2.96. The molecule has 0 spiro atoms. The molecule has 2 saturated carbocycles. The summed E-state index contributed by atoms with van der Waals surface area (Å²) in [6.45, 7) is 14.1. The van der Waals surface area contributed by atoms with Crippen molar-refractivity contribution in [2.75, 3.05) is 0 Å². The minimum absolute atomic E-state index is 0.314. The highest BCUT2D eigenvalue weighted by Gasteiger charge is 2.53. The molecular formula is C25H36O3. The summed E-state index contributed by atoms with van der Waals surface area (Å²) < 4.78 is 4.70. The molecule has 0 saturated heterocycles. The predicted molar refractivity (Wildman–Crippen MR) is 113 cm³/mol. The number of cyclic esters (lactones) is 1. The van der Waals surface area contributed by atoms with Crippen LogP contribution in [0.5, 0.6) is 0 Å². The number of allylic oxidation sites excluding steroid dienone is 4. The topological polar surface area (TPSA) is 46.5 Å². The second-order valence-electron chi connectivity index (χ2n) is 9.72. The summed E-state index contributed by atoms with van der Waals surface area (Å²) in [4.78, 5) is 11.2. The number of hydrogen-bond acceptors (Lipinski definition) is 3. The van der Waals surface area contributed by atoms with Gasteiger partial charge in [-0.2, -0.15) is 0 Å². The Morgan fingerprint density at radius 2 is 2.14 bits per heavy atom. The van der Waals surface area contributed by atoms with E-state index in [0.717, 1.165) is 18.3 Å². The highest BCUT2D eigenvalue weighted by molar-refractivity contribution is 5.86. The third kappa shape index (κ3) is 3.91. The van der Waals surface area contributed by atoms with Gasteiger partial charge in [0.15, 0.2) is 0 Å². The Balaban J connectivity index is 1.67. The maximum Gasteiger partial charge on any atom is 0.333 e. The van der Waals surface area contributed by atoms with Gasteiger partial charge in [-0.05, 0) is 74.5 Å². The van der Waals surface area contributed by atoms with Crippen molar-refractivity contribution in [2.45, 2.75) is 78.9 Å². The Bertz CT molecular complexity index is 728. The first-order chi connectivity index (χ1) is 13.2. The Hall–Kier alpha value is -1.61. The molecule has 0 aromatic rings. The maximum absolute atomic E-state index is 11.2. The van der Waals surface area contributed by atoms with Gasteiger partial charge in [0.25, 0.3) is 0 Å². The van der Waals surface area contributed by atoms with E-state index in [1.54, 1.807) is 6.08 Å². The van der Waals surface area contributed by atoms with Crippen molar-refractivity contribution < 1.29 is 14.6 Å². The molecular weight excluding hydrogens is 348 g/mol. The van der Waals surface area contributed by atoms with E-state index in [1.807, 2.05) is 6.08 Å². The van der Waals surface area contributed by atoms with Gasteiger partial charge in [-0.15, -0.1) is 0 Å². The molecule has 2 fully saturated rings. The standard InChI is InChI=1S/C25H36O3/c1-17(8-6-10-20-16-22(26)28-23(20)27)12-14-24(4)19(3)13-15-25(5)18(2)9-7-11-21(24)25/h6,8,10,16,19,21,23,27H,2,7,9,11-15H2,1,3-5H3/b10-6+,17-8+/t19?,21?,23?,24-,25?/m0/s1. The lowest BCUT2D eigenvalue weighted by molar-refractivity contribution is -0.150. The van der Waals surface area contributed by atoms with Crippen molar-refractivity contribution in [2.24, 2.45) is 22.7 Å². The van der Waals surface area contributed by atoms with E-state index in [0.29, 0.717) is 16.4 Å². The zero-order valence-electron chi connectivity index (χ0n) is 18.0. The van der Waals surface area contributed by atoms with Gasteiger partial charge in [-0.25, -0.2) is 4.79 Å². The second-order valence-corrected chi connectivity index (χ2v) is 9.72. The molecule has 0 aromatic carbocycles. The van der Waals surface area contributed by atoms with Gasteiger partial charge in [-0.1, -0.05) is 56.7 Å². The van der Waals surface area contributed by atoms with Crippen molar-refractivity contribution in [3.05, 3.63) is 47.6 Å². The Morgan fingerprint density at radius 1 is 1.39 bits per heavy atom. The van der Waals surface area contributed by atoms with E-state index in [9.17, 15) is 9.90 Å². The molecule has 28 heavy (non-hydrogen) atoms. The maximum atomic E-state index is 11.2. The Morgan fingerprint density at radius 3 is 2.82 bits per heavy atom. The fraction of sp³-hybridized carbons (Fsp3) is 0.640. The second kappa shape index (κ2) is 8.02. The molecule has 1 aliphatic heterocycles. The lowest BCUT2D eigenvalue weighted by atomic mass is 9.46. The van der Waals surface area contributed by atoms with E-state index in [2.05, 4.69) is 40.3 Å². The number of carbonyl (C=O) groups excluding carboxylic acids is 1. The molecule has 0 aromatic heterocycles. The van der Waals surface area contributed by atoms with Crippen molar-refractivity contribution in [1.82, 2.24) is 0 Å². The largest absolute Gasteiger partial charge is 0.428 e. The third-order valence-corrected chi connectivity index (χ3v) is 8.09. The number of aliphatic hydroxyl groups excluding tert-OH is 1. The minimum atomic E-state index is -1.13. The number of esters is 1. The first-order valence-electron chi connectivity index (χ1n) is 10.8. The molecule has 0 amide bonds. The summed E-state index contributed by atoms with van der Waals surface area (Å²) in [5, 5.41) is 9.63. The van der Waals surface area contributed by atoms with Gasteiger partial charge in [0.2, 0.25) is 6.29 Å². The molecule has 1 heterocycles. The molecule has 2 aliphatic carbocycles. The van der Waals surface area contributed by atoms with Crippen LogP contribution in [0.15, 0.2) is 47.6 Å². The van der Waals surface area contributed by atoms with Crippen LogP contribution < -0.4 is 0 Å². The minimum Gasteiger partial charge on any atom is -0.428 e. The fourth-order valence-electron chi connectivity index (χ4n) is 5.81. The molecule has 3 nitrogen and oxygen atoms in total. The molecule has 0 bridgehead atoms. The number of ether oxygens (including phenoxy) is 1. The van der Waals surface area contributed by atoms with Crippen LogP contribution in [-0.2, 0) is 9.53 Å². The molecule has 154 valence electrons. The average molecular weight is 385 g/mol. The highest BCUT2D eigenvalue weighted by Crippen LogP contribution is 2.62. The molecule has 0 radical (unpaired) electrons. The number of rotatable bonds is 5. The van der Waals surface area contributed by atoms with E-state index < -0.39 is 12.3 Å². The van der Waals surface area contributed by atoms with Gasteiger partial charge < -0.3 is 9.84 Å². The van der Waals surface area contributed by atoms with E-state index in [4.69, 9.17) is 4.74 Å². The fourth-order valence-corrected chi connectivity index (χ4v) is 5.81. The van der Waals surface area contributed by atoms with Crippen LogP contribution in [0.2, 0.25) is 0 Å². The van der Waals surface area contributed by atoms with Gasteiger partial charge in [0.05, 0.1) is 0 Å². The summed E-state index contributed by atoms with van der Waals surface area (Å²) in [6.07, 6.45) is 14.7. The molecule has 3 aliphatic rings. The molecule has 3 heteroatoms. The number of fused-ring (bicyclic) bond motifs is 1. The molecule has 1 N–H and O–H groups in total. The van der Waals surface area contributed by atoms with Crippen LogP contribution in [0.1, 0.15) is 72.6 Å². The zero-order chi connectivity index (χ0) is 20.5.